The number of anilines is 2. The Morgan fingerprint density at radius 2 is 2.18 bits per heavy atom. The van der Waals surface area contributed by atoms with Gasteiger partial charge in [0.25, 0.3) is 0 Å². The number of aromatic amines is 1. The first-order chi connectivity index (χ1) is 13.7. The Kier molecular flexibility index (Phi) is 3.94. The molecule has 0 aromatic carbocycles. The zero-order valence-electron chi connectivity index (χ0n) is 15.4. The average Bonchev–Trinajstić information content (AvgIpc) is 3.37. The zero-order chi connectivity index (χ0) is 19.1. The first-order valence-corrected chi connectivity index (χ1v) is 9.16. The van der Waals surface area contributed by atoms with Crippen molar-refractivity contribution in [2.75, 3.05) is 30.4 Å². The molecule has 0 aliphatic carbocycles. The van der Waals surface area contributed by atoms with E-state index in [1.165, 1.54) is 0 Å². The van der Waals surface area contributed by atoms with Crippen molar-refractivity contribution < 1.29 is 4.74 Å². The number of pyridine rings is 2. The van der Waals surface area contributed by atoms with Gasteiger partial charge >= 0.3 is 0 Å². The molecule has 1 saturated heterocycles. The molecule has 0 radical (unpaired) electrons. The number of H-pyrrole nitrogens is 1. The third-order valence-corrected chi connectivity index (χ3v) is 5.03. The van der Waals surface area contributed by atoms with Gasteiger partial charge in [-0.25, -0.2) is 9.97 Å². The van der Waals surface area contributed by atoms with E-state index in [0.717, 1.165) is 40.3 Å². The summed E-state index contributed by atoms with van der Waals surface area (Å²) in [6.45, 7) is 4.26. The first kappa shape index (κ1) is 16.7. The van der Waals surface area contributed by atoms with Gasteiger partial charge in [-0.15, -0.1) is 0 Å². The van der Waals surface area contributed by atoms with Gasteiger partial charge in [-0.3, -0.25) is 5.10 Å². The van der Waals surface area contributed by atoms with Gasteiger partial charge in [-0.2, -0.15) is 14.9 Å². The Balaban J connectivity index is 1.77. The third kappa shape index (κ3) is 2.67. The maximum Gasteiger partial charge on any atom is 0.167 e. The third-order valence-electron chi connectivity index (χ3n) is 5.03. The molecule has 0 spiro atoms. The minimum Gasteiger partial charge on any atom is -0.383 e. The van der Waals surface area contributed by atoms with Gasteiger partial charge in [0.1, 0.15) is 11.6 Å². The van der Waals surface area contributed by atoms with Crippen LogP contribution in [0.4, 0.5) is 11.6 Å². The SMILES string of the molecule is C[C@@H]1COCCN1c1cc(-c2cccnc2N)c2cnn(-c3ccn[nH]3)c2n1. The number of nitrogens with zero attached hydrogens (tertiary/aromatic N) is 6. The summed E-state index contributed by atoms with van der Waals surface area (Å²) in [5, 5.41) is 12.4. The number of hydrogen-bond donors (Lipinski definition) is 2. The summed E-state index contributed by atoms with van der Waals surface area (Å²) in [4.78, 5) is 11.5. The fraction of sp³-hybridized carbons (Fsp3) is 0.263. The molecule has 4 aromatic rings. The number of aromatic nitrogens is 6. The lowest BCUT2D eigenvalue weighted by Gasteiger charge is -2.34. The van der Waals surface area contributed by atoms with Gasteiger partial charge in [0.05, 0.1) is 31.6 Å². The number of nitrogens with one attached hydrogen (secondary N) is 1. The quantitative estimate of drug-likeness (QED) is 0.563. The Hall–Kier alpha value is -3.46. The Labute approximate surface area is 161 Å². The smallest absolute Gasteiger partial charge is 0.167 e. The molecule has 0 bridgehead atoms. The highest BCUT2D eigenvalue weighted by Gasteiger charge is 2.23. The van der Waals surface area contributed by atoms with Crippen LogP contribution in [0.3, 0.4) is 0 Å². The number of morpholine rings is 1. The number of rotatable bonds is 3. The topological polar surface area (TPSA) is 111 Å². The van der Waals surface area contributed by atoms with E-state index in [9.17, 15) is 0 Å². The average molecular weight is 376 g/mol. The van der Waals surface area contributed by atoms with Crippen LogP contribution in [0.2, 0.25) is 0 Å². The lowest BCUT2D eigenvalue weighted by molar-refractivity contribution is 0.0986. The first-order valence-electron chi connectivity index (χ1n) is 9.16. The molecule has 142 valence electrons. The molecule has 4 aromatic heterocycles. The Morgan fingerprint density at radius 3 is 2.96 bits per heavy atom. The van der Waals surface area contributed by atoms with E-state index in [0.29, 0.717) is 19.0 Å². The zero-order valence-corrected chi connectivity index (χ0v) is 15.4. The molecule has 3 N–H and O–H groups in total. The summed E-state index contributed by atoms with van der Waals surface area (Å²) in [6, 6.07) is 8.00. The van der Waals surface area contributed by atoms with Crippen molar-refractivity contribution in [2.45, 2.75) is 13.0 Å². The predicted octanol–water partition coefficient (Wildman–Crippen LogP) is 2.01. The maximum absolute atomic E-state index is 6.19. The minimum absolute atomic E-state index is 0.223. The summed E-state index contributed by atoms with van der Waals surface area (Å²) in [5.74, 6) is 2.09. The van der Waals surface area contributed by atoms with Crippen LogP contribution in [0.1, 0.15) is 6.92 Å². The van der Waals surface area contributed by atoms with Crippen LogP contribution in [0, 0.1) is 0 Å². The van der Waals surface area contributed by atoms with Crippen molar-refractivity contribution in [3.05, 3.63) is 42.9 Å². The Bertz CT molecular complexity index is 1120. The van der Waals surface area contributed by atoms with Crippen molar-refractivity contribution in [1.82, 2.24) is 29.9 Å². The fourth-order valence-electron chi connectivity index (χ4n) is 3.61. The van der Waals surface area contributed by atoms with E-state index in [-0.39, 0.29) is 6.04 Å². The molecule has 0 saturated carbocycles. The van der Waals surface area contributed by atoms with Crippen LogP contribution in [0.15, 0.2) is 42.9 Å². The van der Waals surface area contributed by atoms with Crippen LogP contribution < -0.4 is 10.6 Å². The minimum atomic E-state index is 0.223. The second kappa shape index (κ2) is 6.61. The van der Waals surface area contributed by atoms with Gasteiger partial charge in [-0.1, -0.05) is 0 Å². The standard InChI is InChI=1S/C19H20N8O/c1-12-11-28-8-7-26(12)17-9-14(13-3-2-5-21-18(13)20)15-10-23-27(19(15)24-17)16-4-6-22-25-16/h2-6,9-10,12H,7-8,11H2,1H3,(H2,20,21)(H,22,25)/t12-/m1/s1. The Morgan fingerprint density at radius 1 is 1.25 bits per heavy atom. The number of nitrogens with two attached hydrogens (primary N) is 1. The number of fused-ring (bicyclic) bond motifs is 1. The van der Waals surface area contributed by atoms with Crippen LogP contribution in [-0.4, -0.2) is 55.7 Å². The molecule has 9 nitrogen and oxygen atoms in total. The lowest BCUT2D eigenvalue weighted by Crippen LogP contribution is -2.44. The number of hydrogen-bond acceptors (Lipinski definition) is 7. The van der Waals surface area contributed by atoms with E-state index < -0.39 is 0 Å². The summed E-state index contributed by atoms with van der Waals surface area (Å²) < 4.78 is 7.35. The fourth-order valence-corrected chi connectivity index (χ4v) is 3.61. The summed E-state index contributed by atoms with van der Waals surface area (Å²) in [5.41, 5.74) is 8.74. The summed E-state index contributed by atoms with van der Waals surface area (Å²) in [7, 11) is 0. The molecular weight excluding hydrogens is 356 g/mol. The van der Waals surface area contributed by atoms with Crippen molar-refractivity contribution in [1.29, 1.82) is 0 Å². The molecule has 1 atom stereocenters. The lowest BCUT2D eigenvalue weighted by atomic mass is 10.0. The molecule has 0 unspecified atom stereocenters. The normalized spacial score (nSPS) is 17.3. The number of ether oxygens (including phenoxy) is 1. The molecule has 0 amide bonds. The monoisotopic (exact) mass is 376 g/mol. The van der Waals surface area contributed by atoms with Crippen molar-refractivity contribution in [3.63, 3.8) is 0 Å². The predicted molar refractivity (Wildman–Crippen MR) is 106 cm³/mol. The molecule has 28 heavy (non-hydrogen) atoms. The van der Waals surface area contributed by atoms with Gasteiger partial charge < -0.3 is 15.4 Å². The number of nitrogen functional groups attached to an aromatic ring is 1. The molecule has 1 aliphatic heterocycles. The second-order valence-corrected chi connectivity index (χ2v) is 6.82. The summed E-state index contributed by atoms with van der Waals surface area (Å²) >= 11 is 0. The molecule has 5 heterocycles. The van der Waals surface area contributed by atoms with Crippen molar-refractivity contribution in [3.8, 4) is 16.9 Å². The van der Waals surface area contributed by atoms with E-state index in [1.54, 1.807) is 23.3 Å². The van der Waals surface area contributed by atoms with Gasteiger partial charge in [0.15, 0.2) is 11.5 Å². The van der Waals surface area contributed by atoms with Crippen LogP contribution in [0.5, 0.6) is 0 Å². The largest absolute Gasteiger partial charge is 0.383 e. The van der Waals surface area contributed by atoms with Crippen molar-refractivity contribution >= 4 is 22.7 Å². The van der Waals surface area contributed by atoms with E-state index in [1.807, 2.05) is 18.2 Å². The highest BCUT2D eigenvalue weighted by atomic mass is 16.5. The van der Waals surface area contributed by atoms with Crippen LogP contribution in [0.25, 0.3) is 28.0 Å². The highest BCUT2D eigenvalue weighted by molar-refractivity contribution is 5.97. The highest BCUT2D eigenvalue weighted by Crippen LogP contribution is 2.35. The van der Waals surface area contributed by atoms with Gasteiger partial charge in [0, 0.05) is 35.3 Å². The summed E-state index contributed by atoms with van der Waals surface area (Å²) in [6.07, 6.45) is 5.18. The second-order valence-electron chi connectivity index (χ2n) is 6.82. The maximum atomic E-state index is 6.19. The molecule has 9 heteroatoms. The van der Waals surface area contributed by atoms with Crippen molar-refractivity contribution in [2.24, 2.45) is 0 Å². The van der Waals surface area contributed by atoms with E-state index in [2.05, 4.69) is 38.2 Å². The molecular formula is C19H20N8O. The molecule has 5 rings (SSSR count). The molecule has 1 fully saturated rings. The van der Waals surface area contributed by atoms with Gasteiger partial charge in [-0.05, 0) is 25.1 Å². The van der Waals surface area contributed by atoms with Crippen LogP contribution in [-0.2, 0) is 4.74 Å². The van der Waals surface area contributed by atoms with E-state index in [4.69, 9.17) is 15.5 Å². The molecule has 1 aliphatic rings. The van der Waals surface area contributed by atoms with E-state index >= 15 is 0 Å². The van der Waals surface area contributed by atoms with Crippen LogP contribution >= 0.6 is 0 Å². The van der Waals surface area contributed by atoms with Gasteiger partial charge in [0.2, 0.25) is 0 Å².